The third-order valence-corrected chi connectivity index (χ3v) is 7.17. The van der Waals surface area contributed by atoms with Crippen molar-refractivity contribution in [3.05, 3.63) is 59.7 Å². The molecule has 4 aliphatic rings. The molecule has 4 aliphatic carbocycles. The first-order valence-corrected chi connectivity index (χ1v) is 10.8. The zero-order valence-corrected chi connectivity index (χ0v) is 18.0. The second kappa shape index (κ2) is 8.57. The Hall–Kier alpha value is -1.71. The third-order valence-electron chi connectivity index (χ3n) is 7.17. The predicted molar refractivity (Wildman–Crippen MR) is 119 cm³/mol. The van der Waals surface area contributed by atoms with Crippen LogP contribution >= 0.6 is 12.4 Å². The average Bonchev–Trinajstić information content (AvgIpc) is 2.71. The van der Waals surface area contributed by atoms with Crippen LogP contribution in [0.4, 0.5) is 0 Å². The molecule has 4 fully saturated rings. The van der Waals surface area contributed by atoms with Crippen LogP contribution < -0.4 is 14.8 Å². The molecule has 2 aromatic rings. The summed E-state index contributed by atoms with van der Waals surface area (Å²) in [4.78, 5) is 0. The van der Waals surface area contributed by atoms with E-state index in [-0.39, 0.29) is 12.4 Å². The molecule has 0 heterocycles. The quantitative estimate of drug-likeness (QED) is 0.626. The summed E-state index contributed by atoms with van der Waals surface area (Å²) < 4.78 is 11.6. The number of methoxy groups -OCH3 is 1. The van der Waals surface area contributed by atoms with Crippen molar-refractivity contribution in [1.82, 2.24) is 5.32 Å². The third kappa shape index (κ3) is 4.41. The molecule has 4 saturated carbocycles. The number of hydrogen-bond donors (Lipinski definition) is 1. The van der Waals surface area contributed by atoms with Gasteiger partial charge in [-0.1, -0.05) is 36.4 Å². The second-order valence-corrected chi connectivity index (χ2v) is 9.31. The number of benzene rings is 2. The van der Waals surface area contributed by atoms with Gasteiger partial charge in [-0.05, 0) is 79.5 Å². The number of halogens is 1. The van der Waals surface area contributed by atoms with Crippen molar-refractivity contribution in [3.63, 3.8) is 0 Å². The lowest BCUT2D eigenvalue weighted by atomic mass is 9.53. The van der Waals surface area contributed by atoms with Crippen LogP contribution in [0.5, 0.6) is 11.5 Å². The van der Waals surface area contributed by atoms with Crippen LogP contribution in [-0.4, -0.2) is 12.6 Å². The molecule has 4 bridgehead atoms. The summed E-state index contributed by atoms with van der Waals surface area (Å²) in [5.74, 6) is 4.55. The zero-order valence-electron chi connectivity index (χ0n) is 17.2. The Morgan fingerprint density at radius 3 is 2.14 bits per heavy atom. The van der Waals surface area contributed by atoms with E-state index in [1.807, 2.05) is 18.2 Å². The van der Waals surface area contributed by atoms with E-state index in [1.54, 1.807) is 7.11 Å². The Bertz CT molecular complexity index is 788. The molecule has 3 nitrogen and oxygen atoms in total. The number of rotatable bonds is 7. The van der Waals surface area contributed by atoms with Gasteiger partial charge in [0.1, 0.15) is 6.61 Å². The van der Waals surface area contributed by atoms with Gasteiger partial charge in [0, 0.05) is 12.1 Å². The van der Waals surface area contributed by atoms with E-state index in [9.17, 15) is 0 Å². The molecule has 0 atom stereocenters. The number of hydrogen-bond acceptors (Lipinski definition) is 3. The fraction of sp³-hybridized carbons (Fsp3) is 0.520. The summed E-state index contributed by atoms with van der Waals surface area (Å²) in [7, 11) is 1.72. The van der Waals surface area contributed by atoms with Gasteiger partial charge in [-0.2, -0.15) is 0 Å². The molecule has 0 unspecified atom stereocenters. The summed E-state index contributed by atoms with van der Waals surface area (Å²) in [5.41, 5.74) is 2.83. The monoisotopic (exact) mass is 413 g/mol. The molecule has 29 heavy (non-hydrogen) atoms. The zero-order chi connectivity index (χ0) is 19.0. The SMILES string of the molecule is COc1cc(CNC23CC4CC(CC(C4)C2)C3)ccc1OCc1ccccc1.Cl. The van der Waals surface area contributed by atoms with Crippen LogP contribution in [0.3, 0.4) is 0 Å². The Balaban J connectivity index is 0.00000205. The summed E-state index contributed by atoms with van der Waals surface area (Å²) in [5, 5.41) is 3.98. The fourth-order valence-corrected chi connectivity index (χ4v) is 6.29. The van der Waals surface area contributed by atoms with Gasteiger partial charge in [0.05, 0.1) is 7.11 Å². The Kier molecular flexibility index (Phi) is 6.08. The van der Waals surface area contributed by atoms with E-state index >= 15 is 0 Å². The number of ether oxygens (including phenoxy) is 2. The van der Waals surface area contributed by atoms with Crippen molar-refractivity contribution in [3.8, 4) is 11.5 Å². The van der Waals surface area contributed by atoms with E-state index < -0.39 is 0 Å². The van der Waals surface area contributed by atoms with Crippen molar-refractivity contribution in [1.29, 1.82) is 0 Å². The average molecular weight is 414 g/mol. The minimum Gasteiger partial charge on any atom is -0.493 e. The molecule has 2 aromatic carbocycles. The first-order chi connectivity index (χ1) is 13.7. The lowest BCUT2D eigenvalue weighted by molar-refractivity contribution is -0.0206. The van der Waals surface area contributed by atoms with Crippen LogP contribution in [-0.2, 0) is 13.2 Å². The Labute approximate surface area is 180 Å². The van der Waals surface area contributed by atoms with E-state index in [0.717, 1.165) is 41.4 Å². The smallest absolute Gasteiger partial charge is 0.161 e. The molecule has 0 aliphatic heterocycles. The summed E-state index contributed by atoms with van der Waals surface area (Å²) >= 11 is 0. The molecular formula is C25H32ClNO2. The van der Waals surface area contributed by atoms with Gasteiger partial charge in [0.2, 0.25) is 0 Å². The first-order valence-electron chi connectivity index (χ1n) is 10.8. The van der Waals surface area contributed by atoms with Gasteiger partial charge in [0.25, 0.3) is 0 Å². The van der Waals surface area contributed by atoms with Crippen molar-refractivity contribution >= 4 is 12.4 Å². The van der Waals surface area contributed by atoms with Gasteiger partial charge in [-0.25, -0.2) is 0 Å². The molecule has 0 spiro atoms. The standard InChI is InChI=1S/C25H31NO2.ClH/c1-27-24-12-19(7-8-23(24)28-17-18-5-3-2-4-6-18)16-26-25-13-20-9-21(14-25)11-22(10-20)15-25;/h2-8,12,20-22,26H,9-11,13-17H2,1H3;1H. The molecule has 0 saturated heterocycles. The predicted octanol–water partition coefficient (Wildman–Crippen LogP) is 5.75. The lowest BCUT2D eigenvalue weighted by Crippen LogP contribution is -2.58. The van der Waals surface area contributed by atoms with E-state index in [2.05, 4.69) is 35.6 Å². The van der Waals surface area contributed by atoms with Crippen LogP contribution in [0.1, 0.15) is 49.7 Å². The topological polar surface area (TPSA) is 30.5 Å². The normalized spacial score (nSPS) is 29.3. The Morgan fingerprint density at radius 2 is 1.52 bits per heavy atom. The molecule has 4 heteroatoms. The summed E-state index contributed by atoms with van der Waals surface area (Å²) in [6.07, 6.45) is 8.61. The second-order valence-electron chi connectivity index (χ2n) is 9.31. The van der Waals surface area contributed by atoms with Crippen LogP contribution in [0, 0.1) is 17.8 Å². The van der Waals surface area contributed by atoms with Crippen molar-refractivity contribution < 1.29 is 9.47 Å². The van der Waals surface area contributed by atoms with Gasteiger partial charge in [0.15, 0.2) is 11.5 Å². The minimum atomic E-state index is 0. The molecule has 1 N–H and O–H groups in total. The minimum absolute atomic E-state index is 0. The highest BCUT2D eigenvalue weighted by atomic mass is 35.5. The maximum absolute atomic E-state index is 6.00. The maximum atomic E-state index is 6.00. The number of nitrogens with one attached hydrogen (secondary N) is 1. The lowest BCUT2D eigenvalue weighted by Gasteiger charge is -2.57. The fourth-order valence-electron chi connectivity index (χ4n) is 6.29. The summed E-state index contributed by atoms with van der Waals surface area (Å²) in [6, 6.07) is 16.6. The van der Waals surface area contributed by atoms with E-state index in [1.165, 1.54) is 44.1 Å². The summed E-state index contributed by atoms with van der Waals surface area (Å²) in [6.45, 7) is 1.48. The molecule has 156 valence electrons. The highest BCUT2D eigenvalue weighted by Crippen LogP contribution is 2.55. The van der Waals surface area contributed by atoms with Gasteiger partial charge in [-0.3, -0.25) is 0 Å². The molecular weight excluding hydrogens is 382 g/mol. The molecule has 0 radical (unpaired) electrons. The largest absolute Gasteiger partial charge is 0.493 e. The Morgan fingerprint density at radius 1 is 0.862 bits per heavy atom. The first kappa shape index (κ1) is 20.6. The van der Waals surface area contributed by atoms with Crippen molar-refractivity contribution in [2.45, 2.75) is 57.2 Å². The highest BCUT2D eigenvalue weighted by Gasteiger charge is 2.50. The van der Waals surface area contributed by atoms with Gasteiger partial charge < -0.3 is 14.8 Å². The molecule has 6 rings (SSSR count). The van der Waals surface area contributed by atoms with Crippen LogP contribution in [0.15, 0.2) is 48.5 Å². The van der Waals surface area contributed by atoms with Crippen LogP contribution in [0.2, 0.25) is 0 Å². The molecule has 0 amide bonds. The van der Waals surface area contributed by atoms with Gasteiger partial charge in [-0.15, -0.1) is 12.4 Å². The van der Waals surface area contributed by atoms with Crippen molar-refractivity contribution in [2.24, 2.45) is 17.8 Å². The van der Waals surface area contributed by atoms with Crippen molar-refractivity contribution in [2.75, 3.05) is 7.11 Å². The van der Waals surface area contributed by atoms with Gasteiger partial charge >= 0.3 is 0 Å². The van der Waals surface area contributed by atoms with E-state index in [0.29, 0.717) is 12.1 Å². The highest BCUT2D eigenvalue weighted by molar-refractivity contribution is 5.85. The molecule has 0 aromatic heterocycles. The van der Waals surface area contributed by atoms with E-state index in [4.69, 9.17) is 9.47 Å². The van der Waals surface area contributed by atoms with Crippen LogP contribution in [0.25, 0.3) is 0 Å². The maximum Gasteiger partial charge on any atom is 0.161 e.